The van der Waals surface area contributed by atoms with E-state index >= 15 is 0 Å². The molecule has 0 aliphatic rings. The largest absolute Gasteiger partial charge is 0.496 e. The summed E-state index contributed by atoms with van der Waals surface area (Å²) < 4.78 is 7.07. The first-order valence-corrected chi connectivity index (χ1v) is 5.48. The molecular formula is C12H15N3O2. The molecule has 0 spiro atoms. The fourth-order valence-corrected chi connectivity index (χ4v) is 1.81. The molecule has 0 radical (unpaired) electrons. The molecule has 1 N–H and O–H groups in total. The summed E-state index contributed by atoms with van der Waals surface area (Å²) in [5.41, 5.74) is 2.27. The molecule has 0 saturated carbocycles. The molecule has 2 aromatic rings. The van der Waals surface area contributed by atoms with E-state index in [4.69, 9.17) is 4.74 Å². The number of hydrogen-bond donors (Lipinski definition) is 1. The van der Waals surface area contributed by atoms with Gasteiger partial charge in [-0.15, -0.1) is 5.10 Å². The highest BCUT2D eigenvalue weighted by Crippen LogP contribution is 2.31. The Morgan fingerprint density at radius 1 is 1.35 bits per heavy atom. The Kier molecular flexibility index (Phi) is 3.39. The van der Waals surface area contributed by atoms with Crippen LogP contribution >= 0.6 is 0 Å². The van der Waals surface area contributed by atoms with Gasteiger partial charge in [-0.3, -0.25) is 0 Å². The quantitative estimate of drug-likeness (QED) is 0.868. The van der Waals surface area contributed by atoms with Crippen LogP contribution in [0.4, 0.5) is 0 Å². The smallest absolute Gasteiger partial charge is 0.128 e. The van der Waals surface area contributed by atoms with Gasteiger partial charge in [-0.2, -0.15) is 0 Å². The predicted molar refractivity (Wildman–Crippen MR) is 63.6 cm³/mol. The lowest BCUT2D eigenvalue weighted by molar-refractivity contribution is 0.277. The molecule has 17 heavy (non-hydrogen) atoms. The number of aliphatic hydroxyl groups excluding tert-OH is 1. The van der Waals surface area contributed by atoms with Gasteiger partial charge in [0.2, 0.25) is 0 Å². The lowest BCUT2D eigenvalue weighted by Crippen LogP contribution is -2.01. The first kappa shape index (κ1) is 11.6. The van der Waals surface area contributed by atoms with E-state index in [9.17, 15) is 5.11 Å². The van der Waals surface area contributed by atoms with E-state index in [1.165, 1.54) is 0 Å². The Morgan fingerprint density at radius 2 is 2.12 bits per heavy atom. The predicted octanol–water partition coefficient (Wildman–Crippen LogP) is 1.47. The van der Waals surface area contributed by atoms with Gasteiger partial charge < -0.3 is 9.84 Å². The highest BCUT2D eigenvalue weighted by atomic mass is 16.5. The van der Waals surface area contributed by atoms with Gasteiger partial charge in [0.1, 0.15) is 11.4 Å². The van der Waals surface area contributed by atoms with Gasteiger partial charge in [0.15, 0.2) is 0 Å². The molecule has 90 valence electrons. The summed E-state index contributed by atoms with van der Waals surface area (Å²) in [6.07, 6.45) is 0. The second-order valence-corrected chi connectivity index (χ2v) is 3.56. The van der Waals surface area contributed by atoms with Crippen molar-refractivity contribution in [3.8, 4) is 17.0 Å². The number of aromatic nitrogens is 3. The third-order valence-electron chi connectivity index (χ3n) is 2.62. The lowest BCUT2D eigenvalue weighted by Gasteiger charge is -2.10. The van der Waals surface area contributed by atoms with Crippen molar-refractivity contribution >= 4 is 0 Å². The van der Waals surface area contributed by atoms with Gasteiger partial charge in [-0.1, -0.05) is 17.3 Å². The Morgan fingerprint density at radius 3 is 2.76 bits per heavy atom. The average molecular weight is 233 g/mol. The number of nitrogens with zero attached hydrogens (tertiary/aromatic N) is 3. The summed E-state index contributed by atoms with van der Waals surface area (Å²) in [6.45, 7) is 2.54. The molecule has 0 aliphatic carbocycles. The molecular weight excluding hydrogens is 218 g/mol. The summed E-state index contributed by atoms with van der Waals surface area (Å²) in [5, 5.41) is 17.3. The minimum atomic E-state index is -0.132. The molecule has 1 aromatic carbocycles. The maximum atomic E-state index is 9.30. The number of benzene rings is 1. The first-order valence-electron chi connectivity index (χ1n) is 5.48. The van der Waals surface area contributed by atoms with Gasteiger partial charge in [-0.25, -0.2) is 4.68 Å². The van der Waals surface area contributed by atoms with Crippen LogP contribution in [0.3, 0.4) is 0 Å². The normalized spacial score (nSPS) is 10.5. The second-order valence-electron chi connectivity index (χ2n) is 3.56. The van der Waals surface area contributed by atoms with E-state index in [-0.39, 0.29) is 6.61 Å². The van der Waals surface area contributed by atoms with Crippen molar-refractivity contribution in [1.29, 1.82) is 0 Å². The van der Waals surface area contributed by atoms with E-state index in [1.807, 2.05) is 31.2 Å². The van der Waals surface area contributed by atoms with E-state index < -0.39 is 0 Å². The molecule has 1 heterocycles. The fourth-order valence-electron chi connectivity index (χ4n) is 1.81. The van der Waals surface area contributed by atoms with Crippen LogP contribution in [0.2, 0.25) is 0 Å². The van der Waals surface area contributed by atoms with E-state index in [0.29, 0.717) is 12.2 Å². The van der Waals surface area contributed by atoms with Crippen LogP contribution in [-0.4, -0.2) is 27.2 Å². The number of hydrogen-bond acceptors (Lipinski definition) is 4. The number of ether oxygens (including phenoxy) is 1. The third kappa shape index (κ3) is 2.01. The molecule has 1 aromatic heterocycles. The van der Waals surface area contributed by atoms with Crippen LogP contribution in [0, 0.1) is 0 Å². The van der Waals surface area contributed by atoms with Crippen molar-refractivity contribution in [2.45, 2.75) is 20.1 Å². The summed E-state index contributed by atoms with van der Waals surface area (Å²) >= 11 is 0. The lowest BCUT2D eigenvalue weighted by atomic mass is 10.1. The van der Waals surface area contributed by atoms with Gasteiger partial charge >= 0.3 is 0 Å². The van der Waals surface area contributed by atoms with Crippen LogP contribution in [0.1, 0.15) is 12.6 Å². The van der Waals surface area contributed by atoms with E-state index in [1.54, 1.807) is 11.8 Å². The zero-order valence-corrected chi connectivity index (χ0v) is 9.92. The zero-order chi connectivity index (χ0) is 12.3. The number of methoxy groups -OCH3 is 1. The first-order chi connectivity index (χ1) is 8.31. The maximum absolute atomic E-state index is 9.30. The molecule has 0 unspecified atom stereocenters. The summed E-state index contributed by atoms with van der Waals surface area (Å²) in [7, 11) is 1.62. The van der Waals surface area contributed by atoms with Gasteiger partial charge in [0.25, 0.3) is 0 Å². The van der Waals surface area contributed by atoms with E-state index in [0.717, 1.165) is 17.0 Å². The van der Waals surface area contributed by atoms with Crippen LogP contribution in [0.5, 0.6) is 5.75 Å². The van der Waals surface area contributed by atoms with Crippen LogP contribution in [0.15, 0.2) is 24.3 Å². The Hall–Kier alpha value is -1.88. The fraction of sp³-hybridized carbons (Fsp3) is 0.333. The number of para-hydroxylation sites is 1. The highest BCUT2D eigenvalue weighted by Gasteiger charge is 2.16. The third-order valence-corrected chi connectivity index (χ3v) is 2.62. The number of aryl methyl sites for hydroxylation is 1. The minimum absolute atomic E-state index is 0.132. The Labute approximate surface area is 99.7 Å². The second kappa shape index (κ2) is 4.97. The zero-order valence-electron chi connectivity index (χ0n) is 9.92. The molecule has 0 bridgehead atoms. The summed E-state index contributed by atoms with van der Waals surface area (Å²) in [6, 6.07) is 7.64. The Balaban J connectivity index is 2.62. The summed E-state index contributed by atoms with van der Waals surface area (Å²) in [5.74, 6) is 0.749. The Bertz CT molecular complexity index is 487. The van der Waals surface area contributed by atoms with Crippen molar-refractivity contribution in [3.63, 3.8) is 0 Å². The standard InChI is InChI=1S/C12H15N3O2/c1-3-15-12(10(8-16)13-14-15)9-6-4-5-7-11(9)17-2/h4-7,16H,3,8H2,1-2H3. The molecule has 0 atom stereocenters. The molecule has 5 nitrogen and oxygen atoms in total. The van der Waals surface area contributed by atoms with Crippen molar-refractivity contribution in [3.05, 3.63) is 30.0 Å². The van der Waals surface area contributed by atoms with Crippen LogP contribution in [0.25, 0.3) is 11.3 Å². The van der Waals surface area contributed by atoms with Gasteiger partial charge in [0.05, 0.1) is 19.4 Å². The van der Waals surface area contributed by atoms with Gasteiger partial charge in [0, 0.05) is 12.1 Å². The molecule has 0 saturated heterocycles. The maximum Gasteiger partial charge on any atom is 0.128 e. The molecule has 0 aliphatic heterocycles. The van der Waals surface area contributed by atoms with Crippen molar-refractivity contribution in [1.82, 2.24) is 15.0 Å². The molecule has 5 heteroatoms. The minimum Gasteiger partial charge on any atom is -0.496 e. The molecule has 2 rings (SSSR count). The summed E-state index contributed by atoms with van der Waals surface area (Å²) in [4.78, 5) is 0. The average Bonchev–Trinajstić information content (AvgIpc) is 2.81. The van der Waals surface area contributed by atoms with Crippen LogP contribution in [-0.2, 0) is 13.2 Å². The van der Waals surface area contributed by atoms with Crippen LogP contribution < -0.4 is 4.74 Å². The van der Waals surface area contributed by atoms with Crippen molar-refractivity contribution in [2.24, 2.45) is 0 Å². The highest BCUT2D eigenvalue weighted by molar-refractivity contribution is 5.69. The van der Waals surface area contributed by atoms with Crippen molar-refractivity contribution in [2.75, 3.05) is 7.11 Å². The molecule has 0 fully saturated rings. The number of rotatable bonds is 4. The number of aliphatic hydroxyl groups is 1. The van der Waals surface area contributed by atoms with Gasteiger partial charge in [-0.05, 0) is 19.1 Å². The monoisotopic (exact) mass is 233 g/mol. The van der Waals surface area contributed by atoms with E-state index in [2.05, 4.69) is 10.3 Å². The van der Waals surface area contributed by atoms with Crippen molar-refractivity contribution < 1.29 is 9.84 Å². The topological polar surface area (TPSA) is 60.2 Å². The molecule has 0 amide bonds. The SMILES string of the molecule is CCn1nnc(CO)c1-c1ccccc1OC.